The van der Waals surface area contributed by atoms with Gasteiger partial charge in [0.2, 0.25) is 17.7 Å². The van der Waals surface area contributed by atoms with E-state index < -0.39 is 47.6 Å². The Balaban J connectivity index is 1.88. The van der Waals surface area contributed by atoms with E-state index in [1.165, 1.54) is 35.2 Å². The zero-order valence-electron chi connectivity index (χ0n) is 24.1. The number of benzene rings is 1. The highest BCUT2D eigenvalue weighted by Gasteiger charge is 2.36. The first-order chi connectivity index (χ1) is 19.3. The van der Waals surface area contributed by atoms with Gasteiger partial charge < -0.3 is 25.4 Å². The van der Waals surface area contributed by atoms with Crippen molar-refractivity contribution in [2.24, 2.45) is 11.3 Å². The molecule has 10 nitrogen and oxygen atoms in total. The van der Waals surface area contributed by atoms with E-state index in [4.69, 9.17) is 4.52 Å². The second-order valence-electron chi connectivity index (χ2n) is 11.1. The van der Waals surface area contributed by atoms with Gasteiger partial charge in [0.25, 0.3) is 5.91 Å². The molecule has 0 aliphatic carbocycles. The lowest BCUT2D eigenvalue weighted by Gasteiger charge is -2.33. The molecule has 1 aromatic heterocycles. The number of nitrogens with one attached hydrogen (secondary N) is 3. The summed E-state index contributed by atoms with van der Waals surface area (Å²) >= 11 is 0. The van der Waals surface area contributed by atoms with Gasteiger partial charge in [-0.25, -0.2) is 4.39 Å². The average Bonchev–Trinajstić information content (AvgIpc) is 3.53. The minimum Gasteiger partial charge on any atom is -0.361 e. The van der Waals surface area contributed by atoms with Gasteiger partial charge in [-0.05, 0) is 49.8 Å². The largest absolute Gasteiger partial charge is 0.361 e. The van der Waals surface area contributed by atoms with Crippen LogP contribution in [0.1, 0.15) is 62.3 Å². The van der Waals surface area contributed by atoms with Gasteiger partial charge in [-0.1, -0.05) is 56.8 Å². The van der Waals surface area contributed by atoms with Gasteiger partial charge in [0.15, 0.2) is 5.69 Å². The number of aryl methyl sites for hydroxylation is 1. The molecule has 1 aliphatic heterocycles. The fourth-order valence-electron chi connectivity index (χ4n) is 4.75. The molecule has 1 saturated heterocycles. The number of allylic oxidation sites excluding steroid dienone is 1. The normalized spacial score (nSPS) is 16.6. The molecule has 11 heteroatoms. The molecule has 0 bridgehead atoms. The SMILES string of the molecule is C=Cc1ccc(F)cc1N(C(=O)CNC(=O)[C@@H](NC(=O)c1cc(C)on1)C(C)(C)C)C(/C=C/C)C[C@@H]1CCNC1=O. The summed E-state index contributed by atoms with van der Waals surface area (Å²) in [5.41, 5.74) is 0.0883. The Bertz CT molecular complexity index is 1330. The Hall–Kier alpha value is -4.28. The van der Waals surface area contributed by atoms with Crippen LogP contribution in [0.25, 0.3) is 6.08 Å². The Morgan fingerprint density at radius 3 is 2.59 bits per heavy atom. The zero-order chi connectivity index (χ0) is 30.3. The van der Waals surface area contributed by atoms with Gasteiger partial charge in [0.05, 0.1) is 18.3 Å². The minimum absolute atomic E-state index is 0.0278. The zero-order valence-corrected chi connectivity index (χ0v) is 24.1. The Labute approximate surface area is 239 Å². The van der Waals surface area contributed by atoms with Crippen LogP contribution in [0.4, 0.5) is 10.1 Å². The molecule has 0 radical (unpaired) electrons. The molecule has 41 heavy (non-hydrogen) atoms. The monoisotopic (exact) mass is 567 g/mol. The summed E-state index contributed by atoms with van der Waals surface area (Å²) in [7, 11) is 0. The summed E-state index contributed by atoms with van der Waals surface area (Å²) in [6, 6.07) is 3.86. The maximum absolute atomic E-state index is 14.5. The van der Waals surface area contributed by atoms with Gasteiger partial charge in [-0.3, -0.25) is 19.2 Å². The van der Waals surface area contributed by atoms with Crippen molar-refractivity contribution in [3.8, 4) is 0 Å². The first-order valence-electron chi connectivity index (χ1n) is 13.5. The van der Waals surface area contributed by atoms with E-state index in [0.717, 1.165) is 0 Å². The summed E-state index contributed by atoms with van der Waals surface area (Å²) < 4.78 is 19.4. The number of aromatic nitrogens is 1. The number of anilines is 1. The molecule has 2 aromatic rings. The van der Waals surface area contributed by atoms with Gasteiger partial charge in [-0.15, -0.1) is 0 Å². The molecule has 3 N–H and O–H groups in total. The maximum Gasteiger partial charge on any atom is 0.274 e. The van der Waals surface area contributed by atoms with Crippen molar-refractivity contribution in [3.63, 3.8) is 0 Å². The standard InChI is InChI=1S/C30H38FN5O5/c1-7-9-22(15-20-12-13-32-27(20)38)36(24-16-21(31)11-10-19(24)8-2)25(37)17-33-29(40)26(30(4,5)6)34-28(39)23-14-18(3)41-35-23/h7-11,14,16,20,22,26H,2,12-13,15,17H2,1,3-6H3,(H,32,38)(H,33,40)(H,34,39)/b9-7+/t20-,22?,26+/m0/s1. The lowest BCUT2D eigenvalue weighted by molar-refractivity contribution is -0.128. The Morgan fingerprint density at radius 1 is 1.29 bits per heavy atom. The highest BCUT2D eigenvalue weighted by Crippen LogP contribution is 2.30. The lowest BCUT2D eigenvalue weighted by Crippen LogP contribution is -2.55. The number of amides is 4. The summed E-state index contributed by atoms with van der Waals surface area (Å²) in [6.07, 6.45) is 5.97. The highest BCUT2D eigenvalue weighted by molar-refractivity contribution is 6.01. The van der Waals surface area contributed by atoms with Gasteiger partial charge in [0.1, 0.15) is 17.6 Å². The van der Waals surface area contributed by atoms with E-state index in [1.54, 1.807) is 46.8 Å². The van der Waals surface area contributed by atoms with Crippen LogP contribution in [0.3, 0.4) is 0 Å². The second-order valence-corrected chi connectivity index (χ2v) is 11.1. The predicted molar refractivity (Wildman–Crippen MR) is 153 cm³/mol. The van der Waals surface area contributed by atoms with Crippen molar-refractivity contribution < 1.29 is 28.1 Å². The fraction of sp³-hybridized carbons (Fsp3) is 0.433. The van der Waals surface area contributed by atoms with E-state index in [-0.39, 0.29) is 23.2 Å². The van der Waals surface area contributed by atoms with E-state index in [2.05, 4.69) is 27.7 Å². The molecule has 220 valence electrons. The van der Waals surface area contributed by atoms with Gasteiger partial charge in [-0.2, -0.15) is 0 Å². The summed E-state index contributed by atoms with van der Waals surface area (Å²) in [5.74, 6) is -2.25. The summed E-state index contributed by atoms with van der Waals surface area (Å²) in [4.78, 5) is 53.7. The number of hydrogen-bond acceptors (Lipinski definition) is 6. The quantitative estimate of drug-likeness (QED) is 0.356. The Morgan fingerprint density at radius 2 is 2.02 bits per heavy atom. The van der Waals surface area contributed by atoms with E-state index in [0.29, 0.717) is 30.7 Å². The third-order valence-electron chi connectivity index (χ3n) is 6.85. The molecule has 1 aromatic carbocycles. The van der Waals surface area contributed by atoms with Gasteiger partial charge in [0, 0.05) is 18.5 Å². The summed E-state index contributed by atoms with van der Waals surface area (Å²) in [6.45, 7) is 12.7. The van der Waals surface area contributed by atoms with Crippen molar-refractivity contribution in [2.45, 2.75) is 59.5 Å². The van der Waals surface area contributed by atoms with Crippen LogP contribution >= 0.6 is 0 Å². The van der Waals surface area contributed by atoms with E-state index >= 15 is 0 Å². The minimum atomic E-state index is -1.01. The highest BCUT2D eigenvalue weighted by atomic mass is 19.1. The van der Waals surface area contributed by atoms with Gasteiger partial charge >= 0.3 is 0 Å². The van der Waals surface area contributed by atoms with Crippen LogP contribution in [-0.2, 0) is 14.4 Å². The first-order valence-corrected chi connectivity index (χ1v) is 13.5. The number of nitrogens with zero attached hydrogens (tertiary/aromatic N) is 2. The number of rotatable bonds is 11. The van der Waals surface area contributed by atoms with E-state index in [9.17, 15) is 23.6 Å². The van der Waals surface area contributed by atoms with Crippen LogP contribution < -0.4 is 20.9 Å². The predicted octanol–water partition coefficient (Wildman–Crippen LogP) is 3.53. The molecule has 1 unspecified atom stereocenters. The maximum atomic E-state index is 14.5. The first kappa shape index (κ1) is 31.3. The summed E-state index contributed by atoms with van der Waals surface area (Å²) in [5, 5.41) is 11.8. The molecule has 1 fully saturated rings. The van der Waals surface area contributed by atoms with Crippen LogP contribution in [0.15, 0.2) is 47.5 Å². The third kappa shape index (κ3) is 7.90. The van der Waals surface area contributed by atoms with Crippen LogP contribution in [-0.4, -0.2) is 54.0 Å². The molecule has 3 rings (SSSR count). The van der Waals surface area contributed by atoms with Crippen molar-refractivity contribution >= 4 is 35.4 Å². The number of halogens is 1. The lowest BCUT2D eigenvalue weighted by atomic mass is 9.86. The van der Waals surface area contributed by atoms with Crippen molar-refractivity contribution in [1.82, 2.24) is 21.1 Å². The molecule has 3 atom stereocenters. The fourth-order valence-corrected chi connectivity index (χ4v) is 4.75. The molecular weight excluding hydrogens is 529 g/mol. The third-order valence-corrected chi connectivity index (χ3v) is 6.85. The number of carbonyl (C=O) groups is 4. The molecular formula is C30H38FN5O5. The smallest absolute Gasteiger partial charge is 0.274 e. The molecule has 2 heterocycles. The van der Waals surface area contributed by atoms with Crippen molar-refractivity contribution in [3.05, 3.63) is 65.8 Å². The molecule has 0 spiro atoms. The molecule has 0 saturated carbocycles. The van der Waals surface area contributed by atoms with Crippen LogP contribution in [0.5, 0.6) is 0 Å². The number of carbonyl (C=O) groups excluding carboxylic acids is 4. The topological polar surface area (TPSA) is 134 Å². The van der Waals surface area contributed by atoms with Crippen molar-refractivity contribution in [2.75, 3.05) is 18.0 Å². The second kappa shape index (κ2) is 13.4. The molecule has 1 aliphatic rings. The number of hydrogen-bond donors (Lipinski definition) is 3. The average molecular weight is 568 g/mol. The van der Waals surface area contributed by atoms with Crippen molar-refractivity contribution in [1.29, 1.82) is 0 Å². The van der Waals surface area contributed by atoms with E-state index in [1.807, 2.05) is 0 Å². The molecule has 4 amide bonds. The Kier molecular flexibility index (Phi) is 10.2. The van der Waals surface area contributed by atoms with Crippen LogP contribution in [0.2, 0.25) is 0 Å². The van der Waals surface area contributed by atoms with Crippen LogP contribution in [0, 0.1) is 24.1 Å².